The van der Waals surface area contributed by atoms with Crippen LogP contribution in [0.5, 0.6) is 0 Å². The zero-order chi connectivity index (χ0) is 44.5. The Balaban J connectivity index is 0.944. The summed E-state index contributed by atoms with van der Waals surface area (Å²) in [6.07, 6.45) is 7.95. The monoisotopic (exact) mass is 878 g/mol. The standard InChI is InChI=1S/C64H38N2OSi/c1-2-14-45-39(11-1)21-25-50-46-15-3-5-17-48(46)54(36-56(45)50)42-24-29-60-58(35-42)57-34-41(23-28-59(57)67-60)40-22-26-52-55(33-40)49-18-6-4-16-47(49)51-27-30-62-64(63(51)52)53-19-7-8-20-61(53)68(62,43-12-9-31-65-37-43)44-13-10-32-66-38-44/h1-38H. The molecule has 3 nitrogen and oxygen atoms in total. The van der Waals surface area contributed by atoms with Crippen LogP contribution < -0.4 is 20.7 Å². The van der Waals surface area contributed by atoms with E-state index in [1.165, 1.54) is 113 Å². The Hall–Kier alpha value is -8.70. The van der Waals surface area contributed by atoms with Crippen LogP contribution in [0.3, 0.4) is 0 Å². The summed E-state index contributed by atoms with van der Waals surface area (Å²) in [5.41, 5.74) is 9.13. The van der Waals surface area contributed by atoms with Crippen LogP contribution in [0.2, 0.25) is 0 Å². The van der Waals surface area contributed by atoms with Gasteiger partial charge in [-0.1, -0.05) is 158 Å². The van der Waals surface area contributed by atoms with Crippen LogP contribution in [-0.2, 0) is 0 Å². The van der Waals surface area contributed by atoms with Crippen molar-refractivity contribution in [3.63, 3.8) is 0 Å². The predicted molar refractivity (Wildman–Crippen MR) is 288 cm³/mol. The third kappa shape index (κ3) is 5.12. The van der Waals surface area contributed by atoms with Gasteiger partial charge in [0.25, 0.3) is 0 Å². The van der Waals surface area contributed by atoms with Crippen LogP contribution >= 0.6 is 0 Å². The molecule has 0 aliphatic carbocycles. The number of nitrogens with zero attached hydrogens (tertiary/aromatic N) is 2. The first kappa shape index (κ1) is 37.5. The molecule has 3 aromatic heterocycles. The normalized spacial score (nSPS) is 13.1. The Morgan fingerprint density at radius 3 is 1.59 bits per heavy atom. The van der Waals surface area contributed by atoms with E-state index in [9.17, 15) is 0 Å². The van der Waals surface area contributed by atoms with E-state index in [4.69, 9.17) is 14.4 Å². The molecular weight excluding hydrogens is 841 g/mol. The van der Waals surface area contributed by atoms with Gasteiger partial charge in [-0.2, -0.15) is 0 Å². The van der Waals surface area contributed by atoms with E-state index in [0.29, 0.717) is 0 Å². The first-order valence-electron chi connectivity index (χ1n) is 23.4. The van der Waals surface area contributed by atoms with Gasteiger partial charge in [0.05, 0.1) is 0 Å². The summed E-state index contributed by atoms with van der Waals surface area (Å²) in [6.45, 7) is 0. The van der Waals surface area contributed by atoms with Crippen molar-refractivity contribution in [2.75, 3.05) is 0 Å². The summed E-state index contributed by atoms with van der Waals surface area (Å²) in [7, 11) is -2.80. The second kappa shape index (κ2) is 14.2. The van der Waals surface area contributed by atoms with Gasteiger partial charge in [0, 0.05) is 35.6 Å². The zero-order valence-corrected chi connectivity index (χ0v) is 37.7. The van der Waals surface area contributed by atoms with E-state index in [-0.39, 0.29) is 0 Å². The fourth-order valence-corrected chi connectivity index (χ4v) is 17.2. The highest BCUT2D eigenvalue weighted by Gasteiger charge is 2.49. The molecule has 0 saturated carbocycles. The molecule has 1 aliphatic rings. The van der Waals surface area contributed by atoms with Crippen LogP contribution in [0.1, 0.15) is 0 Å². The molecule has 0 atom stereocenters. The van der Waals surface area contributed by atoms with Crippen molar-refractivity contribution in [3.8, 4) is 33.4 Å². The lowest BCUT2D eigenvalue weighted by Gasteiger charge is -2.30. The molecule has 0 radical (unpaired) electrons. The molecular formula is C64H38N2OSi. The van der Waals surface area contributed by atoms with Gasteiger partial charge in [-0.05, 0) is 167 Å². The minimum absolute atomic E-state index is 0.886. The fourth-order valence-electron chi connectivity index (χ4n) is 12.2. The van der Waals surface area contributed by atoms with E-state index >= 15 is 0 Å². The van der Waals surface area contributed by atoms with E-state index < -0.39 is 8.07 Å². The average molecular weight is 879 g/mol. The lowest BCUT2D eigenvalue weighted by Crippen LogP contribution is -2.73. The highest BCUT2D eigenvalue weighted by atomic mass is 28.3. The van der Waals surface area contributed by atoms with E-state index in [1.807, 2.05) is 12.4 Å². The molecule has 68 heavy (non-hydrogen) atoms. The van der Waals surface area contributed by atoms with Gasteiger partial charge in [0.1, 0.15) is 11.2 Å². The summed E-state index contributed by atoms with van der Waals surface area (Å²) in [5.74, 6) is 0. The maximum absolute atomic E-state index is 6.57. The Morgan fingerprint density at radius 1 is 0.324 bits per heavy atom. The maximum Gasteiger partial charge on any atom is 0.183 e. The highest BCUT2D eigenvalue weighted by Crippen LogP contribution is 2.45. The maximum atomic E-state index is 6.57. The number of furan rings is 1. The molecule has 0 spiro atoms. The van der Waals surface area contributed by atoms with Crippen molar-refractivity contribution < 1.29 is 4.42 Å². The summed E-state index contributed by atoms with van der Waals surface area (Å²) >= 11 is 0. The molecule has 314 valence electrons. The molecule has 11 aromatic carbocycles. The number of fused-ring (bicyclic) bond motifs is 18. The lowest BCUT2D eigenvalue weighted by atomic mass is 9.88. The van der Waals surface area contributed by atoms with Crippen LogP contribution in [0.25, 0.3) is 120 Å². The molecule has 0 saturated heterocycles. The number of aromatic nitrogens is 2. The number of rotatable bonds is 4. The van der Waals surface area contributed by atoms with Gasteiger partial charge in [-0.25, -0.2) is 0 Å². The number of hydrogen-bond donors (Lipinski definition) is 0. The van der Waals surface area contributed by atoms with Gasteiger partial charge in [0.2, 0.25) is 0 Å². The van der Waals surface area contributed by atoms with Crippen molar-refractivity contribution in [1.29, 1.82) is 0 Å². The molecule has 0 amide bonds. The quantitative estimate of drug-likeness (QED) is 0.131. The lowest BCUT2D eigenvalue weighted by molar-refractivity contribution is 0.669. The first-order chi connectivity index (χ1) is 33.7. The van der Waals surface area contributed by atoms with Crippen LogP contribution in [0, 0.1) is 0 Å². The summed E-state index contributed by atoms with van der Waals surface area (Å²) in [5, 5.41) is 22.7. The van der Waals surface area contributed by atoms with E-state index in [1.54, 1.807) is 0 Å². The Kier molecular flexibility index (Phi) is 7.81. The minimum atomic E-state index is -2.80. The SMILES string of the molecule is c1cncc([Si]2(c3cccnc3)c3ccccc3-c3c2ccc2c4ccccc4c4cc(-c5ccc6oc7ccc(-c8cc9c%10ccccc%10ccc9c9ccccc89)cc7c6c5)ccc4c32)c1. The molecule has 0 fully saturated rings. The molecule has 14 aromatic rings. The number of hydrogen-bond acceptors (Lipinski definition) is 3. The van der Waals surface area contributed by atoms with Crippen molar-refractivity contribution >= 4 is 115 Å². The second-order valence-corrected chi connectivity index (χ2v) is 22.1. The molecule has 15 rings (SSSR count). The molecule has 0 bridgehead atoms. The number of benzene rings is 11. The van der Waals surface area contributed by atoms with Crippen molar-refractivity contribution in [1.82, 2.24) is 9.97 Å². The van der Waals surface area contributed by atoms with E-state index in [0.717, 1.165) is 27.5 Å². The zero-order valence-electron chi connectivity index (χ0n) is 36.7. The molecule has 1 aliphatic heterocycles. The van der Waals surface area contributed by atoms with Crippen LogP contribution in [0.4, 0.5) is 0 Å². The van der Waals surface area contributed by atoms with Gasteiger partial charge < -0.3 is 4.42 Å². The molecule has 4 heteroatoms. The van der Waals surface area contributed by atoms with Crippen molar-refractivity contribution in [2.24, 2.45) is 0 Å². The fraction of sp³-hybridized carbons (Fsp3) is 0. The molecule has 0 unspecified atom stereocenters. The highest BCUT2D eigenvalue weighted by molar-refractivity contribution is 7.22. The smallest absolute Gasteiger partial charge is 0.183 e. The Morgan fingerprint density at radius 2 is 0.853 bits per heavy atom. The van der Waals surface area contributed by atoms with Gasteiger partial charge in [-0.15, -0.1) is 0 Å². The van der Waals surface area contributed by atoms with Gasteiger partial charge in [-0.3, -0.25) is 9.97 Å². The third-order valence-corrected chi connectivity index (χ3v) is 19.9. The Bertz CT molecular complexity index is 4400. The molecule has 0 N–H and O–H groups in total. The largest absolute Gasteiger partial charge is 0.456 e. The average Bonchev–Trinajstić information content (AvgIpc) is 3.94. The van der Waals surface area contributed by atoms with Crippen LogP contribution in [-0.4, -0.2) is 18.0 Å². The number of pyridine rings is 2. The first-order valence-corrected chi connectivity index (χ1v) is 25.4. The summed E-state index contributed by atoms with van der Waals surface area (Å²) < 4.78 is 6.57. The summed E-state index contributed by atoms with van der Waals surface area (Å²) in [6, 6.07) is 76.6. The van der Waals surface area contributed by atoms with Crippen LogP contribution in [0.15, 0.2) is 235 Å². The Labute approximate surface area is 392 Å². The van der Waals surface area contributed by atoms with E-state index in [2.05, 4.69) is 219 Å². The van der Waals surface area contributed by atoms with Crippen molar-refractivity contribution in [2.45, 2.75) is 0 Å². The molecule has 4 heterocycles. The predicted octanol–water partition coefficient (Wildman–Crippen LogP) is 14.0. The van der Waals surface area contributed by atoms with Gasteiger partial charge in [0.15, 0.2) is 8.07 Å². The summed E-state index contributed by atoms with van der Waals surface area (Å²) in [4.78, 5) is 9.45. The topological polar surface area (TPSA) is 38.9 Å². The minimum Gasteiger partial charge on any atom is -0.456 e. The van der Waals surface area contributed by atoms with Gasteiger partial charge >= 0.3 is 0 Å². The van der Waals surface area contributed by atoms with Crippen molar-refractivity contribution in [3.05, 3.63) is 231 Å². The second-order valence-electron chi connectivity index (χ2n) is 18.4. The third-order valence-electron chi connectivity index (χ3n) is 15.1.